The summed E-state index contributed by atoms with van der Waals surface area (Å²) < 4.78 is 7.85. The highest BCUT2D eigenvalue weighted by Crippen LogP contribution is 2.61. The molecule has 3 aromatic rings. The van der Waals surface area contributed by atoms with Crippen LogP contribution in [0.25, 0.3) is 17.1 Å². The first-order valence-corrected chi connectivity index (χ1v) is 10.1. The number of hydrogen-bond donors (Lipinski definition) is 0. The smallest absolute Gasteiger partial charge is 0.251 e. The molecule has 0 amide bonds. The molecular weight excluding hydrogens is 336 g/mol. The van der Waals surface area contributed by atoms with Gasteiger partial charge in [0.25, 0.3) is 5.89 Å². The van der Waals surface area contributed by atoms with E-state index >= 15 is 0 Å². The van der Waals surface area contributed by atoms with E-state index in [2.05, 4.69) is 40.7 Å². The Balaban J connectivity index is 1.52. The van der Waals surface area contributed by atoms with Crippen LogP contribution in [0.5, 0.6) is 0 Å². The highest BCUT2D eigenvalue weighted by molar-refractivity contribution is 5.59. The summed E-state index contributed by atoms with van der Waals surface area (Å²) in [5.74, 6) is 3.83. The molecule has 5 heteroatoms. The van der Waals surface area contributed by atoms with Gasteiger partial charge >= 0.3 is 0 Å². The standard InChI is InChI=1S/C22H24N4O/c1-14-23-24-21(27-14)19-13-26(18-5-3-2-4-6-18)25-20(19)22-10-15-7-16(11-22)9-17(8-15)12-22/h2-6,13,15-17H,7-12H2,1H3. The number of para-hydroxylation sites is 1. The van der Waals surface area contributed by atoms with Gasteiger partial charge in [-0.15, -0.1) is 10.2 Å². The first-order valence-electron chi connectivity index (χ1n) is 10.1. The molecule has 7 rings (SSSR count). The van der Waals surface area contributed by atoms with Crippen molar-refractivity contribution in [1.82, 2.24) is 20.0 Å². The van der Waals surface area contributed by atoms with E-state index in [9.17, 15) is 0 Å². The Morgan fingerprint density at radius 2 is 1.63 bits per heavy atom. The fourth-order valence-corrected chi connectivity index (χ4v) is 6.44. The highest BCUT2D eigenvalue weighted by Gasteiger charge is 2.53. The summed E-state index contributed by atoms with van der Waals surface area (Å²) >= 11 is 0. The van der Waals surface area contributed by atoms with Crippen molar-refractivity contribution in [3.8, 4) is 17.1 Å². The lowest BCUT2D eigenvalue weighted by Gasteiger charge is -2.56. The lowest BCUT2D eigenvalue weighted by molar-refractivity contribution is -0.00714. The van der Waals surface area contributed by atoms with E-state index in [4.69, 9.17) is 9.52 Å². The molecule has 4 aliphatic carbocycles. The largest absolute Gasteiger partial charge is 0.421 e. The molecule has 138 valence electrons. The molecule has 0 unspecified atom stereocenters. The maximum atomic E-state index is 5.85. The molecule has 27 heavy (non-hydrogen) atoms. The fraction of sp³-hybridized carbons (Fsp3) is 0.500. The van der Waals surface area contributed by atoms with Crippen molar-refractivity contribution in [2.45, 2.75) is 50.9 Å². The summed E-state index contributed by atoms with van der Waals surface area (Å²) in [5, 5.41) is 13.6. The Morgan fingerprint density at radius 1 is 0.963 bits per heavy atom. The molecule has 2 heterocycles. The summed E-state index contributed by atoms with van der Waals surface area (Å²) in [6.07, 6.45) is 10.2. The van der Waals surface area contributed by atoms with E-state index in [1.54, 1.807) is 0 Å². The van der Waals surface area contributed by atoms with Crippen LogP contribution in [0.3, 0.4) is 0 Å². The zero-order valence-electron chi connectivity index (χ0n) is 15.6. The molecule has 4 saturated carbocycles. The van der Waals surface area contributed by atoms with Crippen molar-refractivity contribution >= 4 is 0 Å². The van der Waals surface area contributed by atoms with Crippen LogP contribution in [-0.4, -0.2) is 20.0 Å². The lowest BCUT2D eigenvalue weighted by Crippen LogP contribution is -2.49. The monoisotopic (exact) mass is 360 g/mol. The van der Waals surface area contributed by atoms with E-state index in [0.717, 1.165) is 29.0 Å². The van der Waals surface area contributed by atoms with Gasteiger partial charge in [0.15, 0.2) is 0 Å². The molecule has 0 N–H and O–H groups in total. The first kappa shape index (κ1) is 15.6. The molecule has 2 aromatic heterocycles. The third-order valence-electron chi connectivity index (χ3n) is 7.03. The molecule has 5 nitrogen and oxygen atoms in total. The van der Waals surface area contributed by atoms with Crippen LogP contribution in [0.1, 0.15) is 50.1 Å². The number of hydrogen-bond acceptors (Lipinski definition) is 4. The summed E-state index contributed by atoms with van der Waals surface area (Å²) in [5.41, 5.74) is 3.48. The highest BCUT2D eigenvalue weighted by atomic mass is 16.4. The van der Waals surface area contributed by atoms with Crippen molar-refractivity contribution in [3.63, 3.8) is 0 Å². The van der Waals surface area contributed by atoms with Crippen molar-refractivity contribution in [2.24, 2.45) is 17.8 Å². The molecule has 0 spiro atoms. The molecule has 1 aromatic carbocycles. The van der Waals surface area contributed by atoms with Gasteiger partial charge in [0.2, 0.25) is 5.89 Å². The second kappa shape index (κ2) is 5.54. The van der Waals surface area contributed by atoms with Crippen molar-refractivity contribution < 1.29 is 4.42 Å². The first-order chi connectivity index (χ1) is 13.2. The van der Waals surface area contributed by atoms with Gasteiger partial charge in [0.1, 0.15) is 0 Å². The quantitative estimate of drug-likeness (QED) is 0.679. The third-order valence-corrected chi connectivity index (χ3v) is 7.03. The number of rotatable bonds is 3. The van der Waals surface area contributed by atoms with Crippen LogP contribution < -0.4 is 0 Å². The number of benzene rings is 1. The molecular formula is C22H24N4O. The average Bonchev–Trinajstić information content (AvgIpc) is 3.28. The predicted molar refractivity (Wildman–Crippen MR) is 101 cm³/mol. The Kier molecular flexibility index (Phi) is 3.20. The number of aromatic nitrogens is 4. The molecule has 0 radical (unpaired) electrons. The fourth-order valence-electron chi connectivity index (χ4n) is 6.44. The Labute approximate surface area is 158 Å². The van der Waals surface area contributed by atoms with Gasteiger partial charge in [-0.05, 0) is 68.4 Å². The van der Waals surface area contributed by atoms with E-state index in [0.29, 0.717) is 11.8 Å². The van der Waals surface area contributed by atoms with Crippen LogP contribution in [0.15, 0.2) is 40.9 Å². The lowest BCUT2D eigenvalue weighted by atomic mass is 9.48. The average molecular weight is 360 g/mol. The SMILES string of the molecule is Cc1nnc(-c2cn(-c3ccccc3)nc2C23CC4CC(CC(C4)C2)C3)o1. The minimum absolute atomic E-state index is 0.187. The van der Waals surface area contributed by atoms with Crippen LogP contribution in [0.2, 0.25) is 0 Å². The Bertz CT molecular complexity index is 952. The minimum Gasteiger partial charge on any atom is -0.421 e. The Hall–Kier alpha value is -2.43. The maximum Gasteiger partial charge on any atom is 0.251 e. The van der Waals surface area contributed by atoms with Gasteiger partial charge in [-0.1, -0.05) is 18.2 Å². The second-order valence-electron chi connectivity index (χ2n) is 9.00. The van der Waals surface area contributed by atoms with Crippen molar-refractivity contribution in [2.75, 3.05) is 0 Å². The van der Waals surface area contributed by atoms with E-state index in [1.165, 1.54) is 44.2 Å². The zero-order valence-corrected chi connectivity index (χ0v) is 15.6. The molecule has 0 saturated heterocycles. The summed E-state index contributed by atoms with van der Waals surface area (Å²) in [6.45, 7) is 1.85. The van der Waals surface area contributed by atoms with Gasteiger partial charge in [-0.3, -0.25) is 0 Å². The van der Waals surface area contributed by atoms with Crippen molar-refractivity contribution in [3.05, 3.63) is 48.1 Å². The van der Waals surface area contributed by atoms with Gasteiger partial charge in [0.05, 0.1) is 16.9 Å². The summed E-state index contributed by atoms with van der Waals surface area (Å²) in [7, 11) is 0. The zero-order chi connectivity index (χ0) is 18.0. The van der Waals surface area contributed by atoms with E-state index in [1.807, 2.05) is 17.7 Å². The van der Waals surface area contributed by atoms with Crippen LogP contribution >= 0.6 is 0 Å². The molecule has 0 aliphatic heterocycles. The topological polar surface area (TPSA) is 56.7 Å². The minimum atomic E-state index is 0.187. The van der Waals surface area contributed by atoms with Crippen molar-refractivity contribution in [1.29, 1.82) is 0 Å². The van der Waals surface area contributed by atoms with E-state index in [-0.39, 0.29) is 5.41 Å². The van der Waals surface area contributed by atoms with Gasteiger partial charge in [-0.25, -0.2) is 4.68 Å². The van der Waals surface area contributed by atoms with Gasteiger partial charge < -0.3 is 4.42 Å². The summed E-state index contributed by atoms with van der Waals surface area (Å²) in [6, 6.07) is 10.3. The van der Waals surface area contributed by atoms with Gasteiger partial charge in [0, 0.05) is 18.5 Å². The Morgan fingerprint density at radius 3 is 2.22 bits per heavy atom. The van der Waals surface area contributed by atoms with Crippen LogP contribution in [0.4, 0.5) is 0 Å². The number of aryl methyl sites for hydroxylation is 1. The molecule has 4 fully saturated rings. The number of nitrogens with zero attached hydrogens (tertiary/aromatic N) is 4. The van der Waals surface area contributed by atoms with Crippen LogP contribution in [-0.2, 0) is 5.41 Å². The van der Waals surface area contributed by atoms with E-state index < -0.39 is 0 Å². The molecule has 0 atom stereocenters. The molecule has 4 bridgehead atoms. The van der Waals surface area contributed by atoms with Crippen LogP contribution in [0, 0.1) is 24.7 Å². The van der Waals surface area contributed by atoms with Gasteiger partial charge in [-0.2, -0.15) is 5.10 Å². The normalized spacial score (nSPS) is 31.5. The molecule has 4 aliphatic rings. The maximum absolute atomic E-state index is 5.85. The predicted octanol–water partition coefficient (Wildman–Crippen LogP) is 4.70. The third kappa shape index (κ3) is 2.40. The second-order valence-corrected chi connectivity index (χ2v) is 9.00. The summed E-state index contributed by atoms with van der Waals surface area (Å²) in [4.78, 5) is 0.